The van der Waals surface area contributed by atoms with E-state index in [4.69, 9.17) is 16.3 Å². The van der Waals surface area contributed by atoms with Gasteiger partial charge in [-0.3, -0.25) is 4.98 Å². The topological polar surface area (TPSA) is 96.1 Å². The van der Waals surface area contributed by atoms with Crippen molar-refractivity contribution >= 4 is 45.9 Å². The molecule has 0 saturated heterocycles. The van der Waals surface area contributed by atoms with Gasteiger partial charge in [0.15, 0.2) is 0 Å². The normalized spacial score (nSPS) is 10.6. The number of carbonyl (C=O) groups excluding carboxylic acids is 2. The highest BCUT2D eigenvalue weighted by molar-refractivity contribution is 6.31. The lowest BCUT2D eigenvalue weighted by Crippen LogP contribution is -2.21. The number of hydrogen-bond acceptors (Lipinski definition) is 4. The Hall–Kier alpha value is -3.84. The van der Waals surface area contributed by atoms with Crippen LogP contribution in [-0.4, -0.2) is 29.1 Å². The van der Waals surface area contributed by atoms with Crippen molar-refractivity contribution in [2.75, 3.05) is 17.7 Å². The fourth-order valence-electron chi connectivity index (χ4n) is 3.18. The number of nitrogens with zero attached hydrogens (tertiary/aromatic N) is 1. The zero-order valence-corrected chi connectivity index (χ0v) is 16.7. The number of pyridine rings is 1. The Morgan fingerprint density at radius 3 is 2.57 bits per heavy atom. The highest BCUT2D eigenvalue weighted by Gasteiger charge is 2.18. The zero-order valence-electron chi connectivity index (χ0n) is 15.9. The largest absolute Gasteiger partial charge is 0.465 e. The summed E-state index contributed by atoms with van der Waals surface area (Å²) in [6, 6.07) is 15.2. The van der Waals surface area contributed by atoms with Gasteiger partial charge in [0.05, 0.1) is 29.7 Å². The number of anilines is 2. The Labute approximate surface area is 177 Å². The van der Waals surface area contributed by atoms with Gasteiger partial charge in [-0.15, -0.1) is 0 Å². The van der Waals surface area contributed by atoms with Crippen LogP contribution in [-0.2, 0) is 4.74 Å². The number of carbonyl (C=O) groups is 2. The van der Waals surface area contributed by atoms with Gasteiger partial charge in [-0.1, -0.05) is 23.7 Å². The summed E-state index contributed by atoms with van der Waals surface area (Å²) >= 11 is 6.18. The molecule has 0 radical (unpaired) electrons. The number of H-pyrrole nitrogens is 1. The van der Waals surface area contributed by atoms with E-state index in [1.807, 2.05) is 18.2 Å². The van der Waals surface area contributed by atoms with Gasteiger partial charge in [0.25, 0.3) is 0 Å². The van der Waals surface area contributed by atoms with E-state index in [0.29, 0.717) is 22.1 Å². The summed E-state index contributed by atoms with van der Waals surface area (Å²) in [5.41, 5.74) is 3.54. The van der Waals surface area contributed by atoms with Crippen LogP contribution in [0.1, 0.15) is 10.4 Å². The van der Waals surface area contributed by atoms with Gasteiger partial charge < -0.3 is 20.4 Å². The molecule has 4 aromatic rings. The van der Waals surface area contributed by atoms with Crippen molar-refractivity contribution in [3.63, 3.8) is 0 Å². The van der Waals surface area contributed by atoms with E-state index in [2.05, 4.69) is 20.6 Å². The SMILES string of the molecule is COC(=O)c1ccccc1NC(=O)Nc1c(-c2ccncc2)[nH]c2ccc(Cl)cc12. The maximum absolute atomic E-state index is 12.8. The maximum atomic E-state index is 12.8. The summed E-state index contributed by atoms with van der Waals surface area (Å²) < 4.78 is 4.78. The highest BCUT2D eigenvalue weighted by Crippen LogP contribution is 2.36. The molecule has 150 valence electrons. The first-order chi connectivity index (χ1) is 14.6. The molecule has 0 aliphatic carbocycles. The molecule has 0 spiro atoms. The summed E-state index contributed by atoms with van der Waals surface area (Å²) in [4.78, 5) is 32.1. The number of urea groups is 1. The first-order valence-corrected chi connectivity index (χ1v) is 9.41. The molecule has 7 nitrogen and oxygen atoms in total. The van der Waals surface area contributed by atoms with E-state index in [1.54, 1.807) is 48.8 Å². The van der Waals surface area contributed by atoms with Crippen LogP contribution in [0.4, 0.5) is 16.2 Å². The summed E-state index contributed by atoms with van der Waals surface area (Å²) in [6.07, 6.45) is 3.34. The molecule has 3 N–H and O–H groups in total. The number of methoxy groups -OCH3 is 1. The first kappa shape index (κ1) is 19.5. The number of para-hydroxylation sites is 1. The van der Waals surface area contributed by atoms with E-state index >= 15 is 0 Å². The predicted octanol–water partition coefficient (Wildman–Crippen LogP) is 5.31. The summed E-state index contributed by atoms with van der Waals surface area (Å²) in [6.45, 7) is 0. The van der Waals surface area contributed by atoms with E-state index in [1.165, 1.54) is 7.11 Å². The maximum Gasteiger partial charge on any atom is 0.339 e. The average molecular weight is 421 g/mol. The summed E-state index contributed by atoms with van der Waals surface area (Å²) in [7, 11) is 1.29. The third-order valence-electron chi connectivity index (χ3n) is 4.55. The van der Waals surface area contributed by atoms with Crippen molar-refractivity contribution in [3.8, 4) is 11.3 Å². The lowest BCUT2D eigenvalue weighted by molar-refractivity contribution is 0.0602. The number of ether oxygens (including phenoxy) is 1. The summed E-state index contributed by atoms with van der Waals surface area (Å²) in [5, 5.41) is 6.89. The van der Waals surface area contributed by atoms with Crippen LogP contribution in [0.3, 0.4) is 0 Å². The molecule has 8 heteroatoms. The van der Waals surface area contributed by atoms with Crippen LogP contribution in [0.2, 0.25) is 5.02 Å². The second kappa shape index (κ2) is 8.26. The van der Waals surface area contributed by atoms with Crippen molar-refractivity contribution in [1.82, 2.24) is 9.97 Å². The van der Waals surface area contributed by atoms with Gasteiger partial charge in [-0.05, 0) is 42.5 Å². The predicted molar refractivity (Wildman–Crippen MR) is 117 cm³/mol. The number of halogens is 1. The van der Waals surface area contributed by atoms with Gasteiger partial charge in [0.2, 0.25) is 0 Å². The van der Waals surface area contributed by atoms with Crippen LogP contribution in [0.15, 0.2) is 67.0 Å². The van der Waals surface area contributed by atoms with Gasteiger partial charge in [-0.2, -0.15) is 0 Å². The fourth-order valence-corrected chi connectivity index (χ4v) is 3.35. The van der Waals surface area contributed by atoms with Crippen LogP contribution in [0.5, 0.6) is 0 Å². The number of hydrogen-bond donors (Lipinski definition) is 3. The Morgan fingerprint density at radius 2 is 1.80 bits per heavy atom. The molecule has 0 unspecified atom stereocenters. The van der Waals surface area contributed by atoms with Crippen LogP contribution in [0.25, 0.3) is 22.2 Å². The minimum Gasteiger partial charge on any atom is -0.465 e. The van der Waals surface area contributed by atoms with E-state index in [9.17, 15) is 9.59 Å². The van der Waals surface area contributed by atoms with E-state index < -0.39 is 12.0 Å². The number of nitrogens with one attached hydrogen (secondary N) is 3. The zero-order chi connectivity index (χ0) is 21.1. The van der Waals surface area contributed by atoms with Crippen molar-refractivity contribution in [2.24, 2.45) is 0 Å². The Balaban J connectivity index is 1.71. The van der Waals surface area contributed by atoms with Crippen molar-refractivity contribution in [1.29, 1.82) is 0 Å². The molecule has 2 heterocycles. The Bertz CT molecular complexity index is 1240. The lowest BCUT2D eigenvalue weighted by atomic mass is 10.1. The molecule has 0 aliphatic heterocycles. The molecule has 2 amide bonds. The van der Waals surface area contributed by atoms with Crippen molar-refractivity contribution < 1.29 is 14.3 Å². The van der Waals surface area contributed by atoms with Gasteiger partial charge in [-0.25, -0.2) is 9.59 Å². The smallest absolute Gasteiger partial charge is 0.339 e. The molecular weight excluding hydrogens is 404 g/mol. The number of esters is 1. The molecule has 0 aliphatic rings. The van der Waals surface area contributed by atoms with Crippen molar-refractivity contribution in [3.05, 3.63) is 77.6 Å². The second-order valence-electron chi connectivity index (χ2n) is 6.42. The number of aromatic nitrogens is 2. The molecule has 0 saturated carbocycles. The minimum absolute atomic E-state index is 0.256. The molecule has 2 aromatic carbocycles. The lowest BCUT2D eigenvalue weighted by Gasteiger charge is -2.12. The van der Waals surface area contributed by atoms with Crippen LogP contribution < -0.4 is 10.6 Å². The third kappa shape index (κ3) is 3.83. The standard InChI is InChI=1S/C22H17ClN4O3/c1-30-21(28)15-4-2-3-5-17(15)26-22(29)27-20-16-12-14(23)6-7-18(16)25-19(20)13-8-10-24-11-9-13/h2-12,25H,1H3,(H2,26,27,29). The molecule has 30 heavy (non-hydrogen) atoms. The van der Waals surface area contributed by atoms with Gasteiger partial charge in [0.1, 0.15) is 0 Å². The first-order valence-electron chi connectivity index (χ1n) is 9.04. The highest BCUT2D eigenvalue weighted by atomic mass is 35.5. The van der Waals surface area contributed by atoms with Gasteiger partial charge in [0, 0.05) is 33.9 Å². The molecular formula is C22H17ClN4O3. The molecule has 0 atom stereocenters. The quantitative estimate of drug-likeness (QED) is 0.389. The number of amides is 2. The molecule has 0 fully saturated rings. The van der Waals surface area contributed by atoms with Crippen molar-refractivity contribution in [2.45, 2.75) is 0 Å². The minimum atomic E-state index is -0.540. The molecule has 0 bridgehead atoms. The van der Waals surface area contributed by atoms with Crippen LogP contribution >= 0.6 is 11.6 Å². The van der Waals surface area contributed by atoms with Crippen LogP contribution in [0, 0.1) is 0 Å². The summed E-state index contributed by atoms with van der Waals surface area (Å²) in [5.74, 6) is -0.540. The number of benzene rings is 2. The van der Waals surface area contributed by atoms with Gasteiger partial charge >= 0.3 is 12.0 Å². The molecule has 4 rings (SSSR count). The average Bonchev–Trinajstić information content (AvgIpc) is 3.11. The number of rotatable bonds is 4. The van der Waals surface area contributed by atoms with E-state index in [-0.39, 0.29) is 5.56 Å². The Morgan fingerprint density at radius 1 is 1.03 bits per heavy atom. The van der Waals surface area contributed by atoms with E-state index in [0.717, 1.165) is 16.5 Å². The fraction of sp³-hybridized carbons (Fsp3) is 0.0455. The third-order valence-corrected chi connectivity index (χ3v) is 4.78. The second-order valence-corrected chi connectivity index (χ2v) is 6.85. The number of aromatic amines is 1. The molecule has 2 aromatic heterocycles. The number of fused-ring (bicyclic) bond motifs is 1. The Kier molecular flexibility index (Phi) is 5.36. The monoisotopic (exact) mass is 420 g/mol.